The molecule has 3 atom stereocenters. The molecule has 2 heteroatoms. The standard InChI is InChI=1S/C13H22N2/c1-2-15(7-3-6-14)10-13-9-11-4-5-12(13)8-11/h11-13H,2-5,7-10H2,1H3. The van der Waals surface area contributed by atoms with Crippen LogP contribution >= 0.6 is 0 Å². The second kappa shape index (κ2) is 4.99. The highest BCUT2D eigenvalue weighted by Crippen LogP contribution is 2.48. The van der Waals surface area contributed by atoms with Gasteiger partial charge >= 0.3 is 0 Å². The quantitative estimate of drug-likeness (QED) is 0.691. The summed E-state index contributed by atoms with van der Waals surface area (Å²) in [6.07, 6.45) is 6.62. The highest BCUT2D eigenvalue weighted by atomic mass is 15.1. The first kappa shape index (κ1) is 11.0. The smallest absolute Gasteiger partial charge is 0.0635 e. The zero-order valence-corrected chi connectivity index (χ0v) is 9.78. The molecule has 2 fully saturated rings. The van der Waals surface area contributed by atoms with Crippen LogP contribution in [0.4, 0.5) is 0 Å². The van der Waals surface area contributed by atoms with Gasteiger partial charge in [-0.15, -0.1) is 0 Å². The molecule has 0 aromatic rings. The molecule has 0 heterocycles. The Bertz CT molecular complexity index is 243. The molecule has 0 aliphatic heterocycles. The lowest BCUT2D eigenvalue weighted by Crippen LogP contribution is -2.32. The summed E-state index contributed by atoms with van der Waals surface area (Å²) in [4.78, 5) is 2.47. The van der Waals surface area contributed by atoms with Crippen molar-refractivity contribution in [3.05, 3.63) is 0 Å². The third-order valence-corrected chi connectivity index (χ3v) is 4.36. The van der Waals surface area contributed by atoms with Crippen molar-refractivity contribution in [2.45, 2.75) is 39.0 Å². The van der Waals surface area contributed by atoms with Crippen LogP contribution in [0.25, 0.3) is 0 Å². The summed E-state index contributed by atoms with van der Waals surface area (Å²) < 4.78 is 0. The molecule has 2 aliphatic carbocycles. The average Bonchev–Trinajstić information content (AvgIpc) is 2.85. The second-order valence-electron chi connectivity index (χ2n) is 5.24. The van der Waals surface area contributed by atoms with Crippen LogP contribution in [-0.4, -0.2) is 24.5 Å². The lowest BCUT2D eigenvalue weighted by Gasteiger charge is -2.28. The van der Waals surface area contributed by atoms with Gasteiger partial charge in [0.2, 0.25) is 0 Å². The molecule has 0 radical (unpaired) electrons. The summed E-state index contributed by atoms with van der Waals surface area (Å²) in [5.41, 5.74) is 0. The van der Waals surface area contributed by atoms with Gasteiger partial charge in [-0.3, -0.25) is 0 Å². The Labute approximate surface area is 93.3 Å². The fourth-order valence-corrected chi connectivity index (χ4v) is 3.52. The molecule has 0 saturated heterocycles. The van der Waals surface area contributed by atoms with E-state index < -0.39 is 0 Å². The van der Waals surface area contributed by atoms with E-state index in [1.165, 1.54) is 32.2 Å². The van der Waals surface area contributed by atoms with Crippen molar-refractivity contribution in [2.24, 2.45) is 17.8 Å². The summed E-state index contributed by atoms with van der Waals surface area (Å²) in [5, 5.41) is 8.60. The van der Waals surface area contributed by atoms with Crippen LogP contribution < -0.4 is 0 Å². The van der Waals surface area contributed by atoms with E-state index in [0.29, 0.717) is 6.42 Å². The molecule has 0 amide bonds. The molecule has 0 aromatic heterocycles. The van der Waals surface area contributed by atoms with Crippen molar-refractivity contribution < 1.29 is 0 Å². The summed E-state index contributed by atoms with van der Waals surface area (Å²) >= 11 is 0. The van der Waals surface area contributed by atoms with E-state index in [-0.39, 0.29) is 0 Å². The molecule has 2 saturated carbocycles. The summed E-state index contributed by atoms with van der Waals surface area (Å²) in [5.74, 6) is 3.02. The zero-order valence-electron chi connectivity index (χ0n) is 9.78. The van der Waals surface area contributed by atoms with Crippen LogP contribution in [0.3, 0.4) is 0 Å². The number of nitrogens with zero attached hydrogens (tertiary/aromatic N) is 2. The third-order valence-electron chi connectivity index (χ3n) is 4.36. The minimum atomic E-state index is 0.689. The maximum absolute atomic E-state index is 8.60. The first-order valence-corrected chi connectivity index (χ1v) is 6.42. The normalized spacial score (nSPS) is 33.5. The topological polar surface area (TPSA) is 27.0 Å². The van der Waals surface area contributed by atoms with Crippen LogP contribution in [0.2, 0.25) is 0 Å². The van der Waals surface area contributed by atoms with Crippen molar-refractivity contribution in [1.82, 2.24) is 4.90 Å². The average molecular weight is 206 g/mol. The lowest BCUT2D eigenvalue weighted by atomic mass is 9.88. The number of hydrogen-bond donors (Lipinski definition) is 0. The molecular formula is C13H22N2. The molecule has 2 rings (SSSR count). The van der Waals surface area contributed by atoms with E-state index >= 15 is 0 Å². The van der Waals surface area contributed by atoms with Gasteiger partial charge in [-0.2, -0.15) is 5.26 Å². The second-order valence-corrected chi connectivity index (χ2v) is 5.24. The summed E-state index contributed by atoms with van der Waals surface area (Å²) in [7, 11) is 0. The highest BCUT2D eigenvalue weighted by molar-refractivity contribution is 4.91. The molecule has 2 bridgehead atoms. The SMILES string of the molecule is CCN(CCC#N)CC1CC2CCC1C2. The van der Waals surface area contributed by atoms with E-state index in [0.717, 1.165) is 30.8 Å². The molecule has 0 aromatic carbocycles. The molecule has 3 unspecified atom stereocenters. The molecule has 2 nitrogen and oxygen atoms in total. The lowest BCUT2D eigenvalue weighted by molar-refractivity contribution is 0.200. The van der Waals surface area contributed by atoms with E-state index in [1.807, 2.05) is 0 Å². The van der Waals surface area contributed by atoms with Crippen molar-refractivity contribution >= 4 is 0 Å². The zero-order chi connectivity index (χ0) is 10.7. The van der Waals surface area contributed by atoms with Crippen LogP contribution in [0, 0.1) is 29.1 Å². The highest BCUT2D eigenvalue weighted by Gasteiger charge is 2.39. The molecule has 2 aliphatic rings. The Hall–Kier alpha value is -0.550. The van der Waals surface area contributed by atoms with Crippen LogP contribution in [0.1, 0.15) is 39.0 Å². The van der Waals surface area contributed by atoms with E-state index in [1.54, 1.807) is 0 Å². The Morgan fingerprint density at radius 3 is 2.73 bits per heavy atom. The van der Waals surface area contributed by atoms with Crippen molar-refractivity contribution in [3.8, 4) is 6.07 Å². The minimum absolute atomic E-state index is 0.689. The first-order valence-electron chi connectivity index (χ1n) is 6.42. The summed E-state index contributed by atoms with van der Waals surface area (Å²) in [6, 6.07) is 2.25. The molecule has 0 spiro atoms. The molecular weight excluding hydrogens is 184 g/mol. The Morgan fingerprint density at radius 2 is 2.20 bits per heavy atom. The van der Waals surface area contributed by atoms with Gasteiger partial charge in [0.25, 0.3) is 0 Å². The summed E-state index contributed by atoms with van der Waals surface area (Å²) in [6.45, 7) is 5.54. The van der Waals surface area contributed by atoms with Gasteiger partial charge in [0.1, 0.15) is 0 Å². The third kappa shape index (κ3) is 2.52. The number of rotatable bonds is 5. The number of hydrogen-bond acceptors (Lipinski definition) is 2. The van der Waals surface area contributed by atoms with Crippen LogP contribution in [0.5, 0.6) is 0 Å². The Morgan fingerprint density at radius 1 is 1.33 bits per heavy atom. The van der Waals surface area contributed by atoms with Gasteiger partial charge in [0, 0.05) is 19.5 Å². The van der Waals surface area contributed by atoms with Gasteiger partial charge in [0.05, 0.1) is 6.07 Å². The first-order chi connectivity index (χ1) is 7.33. The van der Waals surface area contributed by atoms with E-state index in [2.05, 4.69) is 17.9 Å². The number of fused-ring (bicyclic) bond motifs is 2. The van der Waals surface area contributed by atoms with E-state index in [4.69, 9.17) is 5.26 Å². The maximum Gasteiger partial charge on any atom is 0.0635 e. The molecule has 84 valence electrons. The van der Waals surface area contributed by atoms with Gasteiger partial charge in [-0.05, 0) is 43.6 Å². The maximum atomic E-state index is 8.60. The van der Waals surface area contributed by atoms with Gasteiger partial charge in [-0.25, -0.2) is 0 Å². The molecule has 0 N–H and O–H groups in total. The van der Waals surface area contributed by atoms with Crippen molar-refractivity contribution in [3.63, 3.8) is 0 Å². The number of nitriles is 1. The fraction of sp³-hybridized carbons (Fsp3) is 0.923. The molecule has 15 heavy (non-hydrogen) atoms. The van der Waals surface area contributed by atoms with Crippen LogP contribution in [0.15, 0.2) is 0 Å². The van der Waals surface area contributed by atoms with E-state index in [9.17, 15) is 0 Å². The Kier molecular flexibility index (Phi) is 3.64. The van der Waals surface area contributed by atoms with Gasteiger partial charge in [-0.1, -0.05) is 13.3 Å². The van der Waals surface area contributed by atoms with Gasteiger partial charge in [0.15, 0.2) is 0 Å². The van der Waals surface area contributed by atoms with Crippen molar-refractivity contribution in [1.29, 1.82) is 5.26 Å². The minimum Gasteiger partial charge on any atom is -0.302 e. The largest absolute Gasteiger partial charge is 0.302 e. The fourth-order valence-electron chi connectivity index (χ4n) is 3.52. The Balaban J connectivity index is 1.77. The predicted molar refractivity (Wildman–Crippen MR) is 61.3 cm³/mol. The van der Waals surface area contributed by atoms with Gasteiger partial charge < -0.3 is 4.90 Å². The predicted octanol–water partition coefficient (Wildman–Crippen LogP) is 2.66. The van der Waals surface area contributed by atoms with Crippen LogP contribution in [-0.2, 0) is 0 Å². The monoisotopic (exact) mass is 206 g/mol. The van der Waals surface area contributed by atoms with Crippen molar-refractivity contribution in [2.75, 3.05) is 19.6 Å².